The molecule has 0 saturated carbocycles. The van der Waals surface area contributed by atoms with E-state index < -0.39 is 0 Å². The minimum atomic E-state index is 0.274. The molecule has 0 saturated heterocycles. The first-order valence-electron chi connectivity index (χ1n) is 7.17. The van der Waals surface area contributed by atoms with Crippen molar-refractivity contribution in [1.29, 1.82) is 0 Å². The monoisotopic (exact) mass is 273 g/mol. The van der Waals surface area contributed by atoms with Gasteiger partial charge in [-0.25, -0.2) is 4.68 Å². The van der Waals surface area contributed by atoms with Gasteiger partial charge in [-0.15, -0.1) is 5.10 Å². The van der Waals surface area contributed by atoms with Crippen LogP contribution >= 0.6 is 0 Å². The average Bonchev–Trinajstić information content (AvgIpc) is 2.90. The van der Waals surface area contributed by atoms with Crippen LogP contribution in [0.1, 0.15) is 45.2 Å². The lowest BCUT2D eigenvalue weighted by Crippen LogP contribution is -2.12. The predicted molar refractivity (Wildman–Crippen MR) is 81.2 cm³/mol. The summed E-state index contributed by atoms with van der Waals surface area (Å²) in [5, 5.41) is 12.2. The number of tetrazole rings is 1. The maximum Gasteiger partial charge on any atom is 0.182 e. The summed E-state index contributed by atoms with van der Waals surface area (Å²) >= 11 is 0. The Hall–Kier alpha value is -1.91. The first kappa shape index (κ1) is 14.5. The molecular formula is C15H23N5. The minimum Gasteiger partial charge on any atom is -0.399 e. The predicted octanol–water partition coefficient (Wildman–Crippen LogP) is 3.23. The molecule has 0 fully saturated rings. The van der Waals surface area contributed by atoms with E-state index in [4.69, 9.17) is 5.73 Å². The van der Waals surface area contributed by atoms with Crippen LogP contribution in [0.15, 0.2) is 18.2 Å². The average molecular weight is 273 g/mol. The third-order valence-electron chi connectivity index (χ3n) is 3.85. The molecule has 2 unspecified atom stereocenters. The topological polar surface area (TPSA) is 69.6 Å². The maximum atomic E-state index is 5.88. The zero-order chi connectivity index (χ0) is 14.7. The van der Waals surface area contributed by atoms with Crippen molar-refractivity contribution < 1.29 is 0 Å². The van der Waals surface area contributed by atoms with Crippen molar-refractivity contribution in [1.82, 2.24) is 20.2 Å². The van der Waals surface area contributed by atoms with Crippen LogP contribution in [0.4, 0.5) is 5.69 Å². The van der Waals surface area contributed by atoms with Gasteiger partial charge in [0.05, 0.1) is 6.04 Å². The van der Waals surface area contributed by atoms with Gasteiger partial charge >= 0.3 is 0 Å². The van der Waals surface area contributed by atoms with Crippen LogP contribution in [0.2, 0.25) is 0 Å². The van der Waals surface area contributed by atoms with Crippen molar-refractivity contribution in [3.05, 3.63) is 23.8 Å². The molecule has 0 aliphatic rings. The van der Waals surface area contributed by atoms with Crippen molar-refractivity contribution in [3.63, 3.8) is 0 Å². The van der Waals surface area contributed by atoms with Gasteiger partial charge in [0.25, 0.3) is 0 Å². The Morgan fingerprint density at radius 2 is 2.05 bits per heavy atom. The Kier molecular flexibility index (Phi) is 4.37. The number of hydrogen-bond donors (Lipinski definition) is 1. The van der Waals surface area contributed by atoms with Gasteiger partial charge in [0.15, 0.2) is 5.82 Å². The number of rotatable bonds is 5. The molecule has 2 N–H and O–H groups in total. The van der Waals surface area contributed by atoms with Gasteiger partial charge in [0, 0.05) is 11.3 Å². The van der Waals surface area contributed by atoms with Gasteiger partial charge in [-0.1, -0.05) is 26.3 Å². The van der Waals surface area contributed by atoms with Gasteiger partial charge in [0.2, 0.25) is 0 Å². The Morgan fingerprint density at radius 3 is 2.75 bits per heavy atom. The van der Waals surface area contributed by atoms with Crippen LogP contribution in [0.5, 0.6) is 0 Å². The molecule has 5 heteroatoms. The van der Waals surface area contributed by atoms with Crippen LogP contribution in [-0.4, -0.2) is 20.2 Å². The first-order valence-corrected chi connectivity index (χ1v) is 7.17. The lowest BCUT2D eigenvalue weighted by Gasteiger charge is -2.17. The number of nitrogen functional groups attached to an aromatic ring is 1. The lowest BCUT2D eigenvalue weighted by atomic mass is 10.00. The smallest absolute Gasteiger partial charge is 0.182 e. The summed E-state index contributed by atoms with van der Waals surface area (Å²) in [7, 11) is 0. The Bertz CT molecular complexity index is 575. The number of nitrogens with zero attached hydrogens (tertiary/aromatic N) is 4. The van der Waals surface area contributed by atoms with Gasteiger partial charge in [-0.3, -0.25) is 0 Å². The highest BCUT2D eigenvalue weighted by Gasteiger charge is 2.17. The maximum absolute atomic E-state index is 5.88. The minimum absolute atomic E-state index is 0.274. The van der Waals surface area contributed by atoms with Crippen LogP contribution in [0.3, 0.4) is 0 Å². The van der Waals surface area contributed by atoms with E-state index in [9.17, 15) is 0 Å². The van der Waals surface area contributed by atoms with Gasteiger partial charge in [0.1, 0.15) is 0 Å². The lowest BCUT2D eigenvalue weighted by molar-refractivity contribution is 0.371. The van der Waals surface area contributed by atoms with Crippen LogP contribution < -0.4 is 5.73 Å². The first-order chi connectivity index (χ1) is 9.52. The van der Waals surface area contributed by atoms with E-state index in [2.05, 4.69) is 36.3 Å². The molecule has 0 spiro atoms. The Balaban J connectivity index is 2.35. The van der Waals surface area contributed by atoms with Gasteiger partial charge in [-0.2, -0.15) is 0 Å². The SMILES string of the molecule is CCC(C)CC(C)n1nnnc1-c1cc(N)ccc1C. The van der Waals surface area contributed by atoms with E-state index in [0.29, 0.717) is 5.92 Å². The second-order valence-corrected chi connectivity index (χ2v) is 5.62. The highest BCUT2D eigenvalue weighted by atomic mass is 15.5. The fourth-order valence-corrected chi connectivity index (χ4v) is 2.40. The van der Waals surface area contributed by atoms with Crippen molar-refractivity contribution in [2.24, 2.45) is 5.92 Å². The molecule has 0 radical (unpaired) electrons. The molecule has 0 bridgehead atoms. The molecule has 1 heterocycles. The molecule has 2 aromatic rings. The molecule has 108 valence electrons. The van der Waals surface area contributed by atoms with Gasteiger partial charge < -0.3 is 5.73 Å². The summed E-state index contributed by atoms with van der Waals surface area (Å²) in [6.07, 6.45) is 2.23. The summed E-state index contributed by atoms with van der Waals surface area (Å²) in [5.41, 5.74) is 8.75. The number of hydrogen-bond acceptors (Lipinski definition) is 4. The summed E-state index contributed by atoms with van der Waals surface area (Å²) in [4.78, 5) is 0. The largest absolute Gasteiger partial charge is 0.399 e. The molecule has 0 aliphatic heterocycles. The molecule has 5 nitrogen and oxygen atoms in total. The number of aromatic nitrogens is 4. The summed E-state index contributed by atoms with van der Waals surface area (Å²) in [6.45, 7) is 8.67. The zero-order valence-electron chi connectivity index (χ0n) is 12.7. The van der Waals surface area contributed by atoms with E-state index in [1.807, 2.05) is 29.8 Å². The quantitative estimate of drug-likeness (QED) is 0.849. The molecule has 2 rings (SSSR count). The fourth-order valence-electron chi connectivity index (χ4n) is 2.40. The second kappa shape index (κ2) is 6.03. The van der Waals surface area contributed by atoms with Gasteiger partial charge in [-0.05, 0) is 54.3 Å². The Morgan fingerprint density at radius 1 is 1.30 bits per heavy atom. The zero-order valence-corrected chi connectivity index (χ0v) is 12.7. The van der Waals surface area contributed by atoms with E-state index in [0.717, 1.165) is 29.1 Å². The number of aryl methyl sites for hydroxylation is 1. The highest BCUT2D eigenvalue weighted by Crippen LogP contribution is 2.27. The molecule has 0 aliphatic carbocycles. The van der Waals surface area contributed by atoms with E-state index >= 15 is 0 Å². The van der Waals surface area contributed by atoms with Crippen LogP contribution in [-0.2, 0) is 0 Å². The molecule has 1 aromatic heterocycles. The van der Waals surface area contributed by atoms with Crippen molar-refractivity contribution >= 4 is 5.69 Å². The summed E-state index contributed by atoms with van der Waals surface area (Å²) in [6, 6.07) is 6.11. The summed E-state index contributed by atoms with van der Waals surface area (Å²) in [5.74, 6) is 1.45. The standard InChI is InChI=1S/C15H23N5/c1-5-10(2)8-12(4)20-15(17-18-19-20)14-9-13(16)7-6-11(14)3/h6-7,9-10,12H,5,8,16H2,1-4H3. The number of nitrogens with two attached hydrogens (primary N) is 1. The Labute approximate surface area is 120 Å². The second-order valence-electron chi connectivity index (χ2n) is 5.62. The molecular weight excluding hydrogens is 250 g/mol. The van der Waals surface area contributed by atoms with E-state index in [1.165, 1.54) is 6.42 Å². The fraction of sp³-hybridized carbons (Fsp3) is 0.533. The molecule has 1 aromatic carbocycles. The summed E-state index contributed by atoms with van der Waals surface area (Å²) < 4.78 is 1.91. The number of benzene rings is 1. The van der Waals surface area contributed by atoms with Crippen LogP contribution in [0.25, 0.3) is 11.4 Å². The number of anilines is 1. The van der Waals surface area contributed by atoms with Crippen molar-refractivity contribution in [3.8, 4) is 11.4 Å². The van der Waals surface area contributed by atoms with E-state index in [-0.39, 0.29) is 6.04 Å². The van der Waals surface area contributed by atoms with Crippen molar-refractivity contribution in [2.75, 3.05) is 5.73 Å². The molecule has 2 atom stereocenters. The van der Waals surface area contributed by atoms with Crippen LogP contribution in [0, 0.1) is 12.8 Å². The third-order valence-corrected chi connectivity index (χ3v) is 3.85. The normalized spacial score (nSPS) is 14.2. The highest BCUT2D eigenvalue weighted by molar-refractivity contribution is 5.65. The third kappa shape index (κ3) is 2.98. The molecule has 20 heavy (non-hydrogen) atoms. The molecule has 0 amide bonds. The van der Waals surface area contributed by atoms with E-state index in [1.54, 1.807) is 0 Å². The van der Waals surface area contributed by atoms with Crippen molar-refractivity contribution in [2.45, 2.75) is 46.6 Å².